The van der Waals surface area contributed by atoms with Crippen LogP contribution in [0, 0.1) is 0 Å². The molecule has 0 spiro atoms. The van der Waals surface area contributed by atoms with E-state index in [1.807, 2.05) is 60.7 Å². The van der Waals surface area contributed by atoms with Crippen LogP contribution in [0.3, 0.4) is 0 Å². The van der Waals surface area contributed by atoms with Crippen molar-refractivity contribution >= 4 is 32.4 Å². The summed E-state index contributed by atoms with van der Waals surface area (Å²) in [5, 5.41) is 2.07. The van der Waals surface area contributed by atoms with Crippen molar-refractivity contribution in [2.24, 2.45) is 0 Å². The average molecular weight is 328 g/mol. The monoisotopic (exact) mass is 327 g/mol. The van der Waals surface area contributed by atoms with E-state index < -0.39 is 0 Å². The summed E-state index contributed by atoms with van der Waals surface area (Å²) < 4.78 is 7.01. The SMILES string of the molecule is Nc1ccc(OCc2ccccc2Br)c2ccccc12. The molecule has 0 saturated carbocycles. The molecule has 3 aromatic carbocycles. The maximum atomic E-state index is 5.99. The number of ether oxygens (including phenoxy) is 1. The molecule has 0 aromatic heterocycles. The van der Waals surface area contributed by atoms with E-state index in [0.29, 0.717) is 6.61 Å². The van der Waals surface area contributed by atoms with Gasteiger partial charge in [0.15, 0.2) is 0 Å². The fourth-order valence-electron chi connectivity index (χ4n) is 2.19. The molecule has 0 fully saturated rings. The lowest BCUT2D eigenvalue weighted by Crippen LogP contribution is -1.97. The van der Waals surface area contributed by atoms with Crippen LogP contribution in [0.4, 0.5) is 5.69 Å². The van der Waals surface area contributed by atoms with Gasteiger partial charge < -0.3 is 10.5 Å². The Kier molecular flexibility index (Phi) is 3.61. The Bertz CT molecular complexity index is 755. The summed E-state index contributed by atoms with van der Waals surface area (Å²) in [4.78, 5) is 0. The van der Waals surface area contributed by atoms with Gasteiger partial charge >= 0.3 is 0 Å². The number of benzene rings is 3. The zero-order valence-corrected chi connectivity index (χ0v) is 12.4. The number of anilines is 1. The van der Waals surface area contributed by atoms with Crippen molar-refractivity contribution in [2.75, 3.05) is 5.73 Å². The van der Waals surface area contributed by atoms with E-state index in [1.165, 1.54) is 0 Å². The number of fused-ring (bicyclic) bond motifs is 1. The summed E-state index contributed by atoms with van der Waals surface area (Å²) in [6, 6.07) is 19.9. The summed E-state index contributed by atoms with van der Waals surface area (Å²) in [6.45, 7) is 0.523. The molecule has 3 rings (SSSR count). The molecule has 0 amide bonds. The second kappa shape index (κ2) is 5.55. The Morgan fingerprint density at radius 1 is 0.850 bits per heavy atom. The third kappa shape index (κ3) is 2.49. The molecule has 3 aromatic rings. The predicted molar refractivity (Wildman–Crippen MR) is 86.8 cm³/mol. The quantitative estimate of drug-likeness (QED) is 0.703. The van der Waals surface area contributed by atoms with Gasteiger partial charge in [-0.3, -0.25) is 0 Å². The fraction of sp³-hybridized carbons (Fsp3) is 0.0588. The first-order chi connectivity index (χ1) is 9.75. The number of hydrogen-bond acceptors (Lipinski definition) is 2. The zero-order valence-electron chi connectivity index (χ0n) is 10.8. The van der Waals surface area contributed by atoms with Crippen LogP contribution >= 0.6 is 15.9 Å². The molecule has 0 saturated heterocycles. The minimum atomic E-state index is 0.523. The van der Waals surface area contributed by atoms with Crippen LogP contribution in [0.5, 0.6) is 5.75 Å². The minimum absolute atomic E-state index is 0.523. The molecule has 2 nitrogen and oxygen atoms in total. The van der Waals surface area contributed by atoms with Gasteiger partial charge in [0.2, 0.25) is 0 Å². The molecular formula is C17H14BrNO. The first-order valence-electron chi connectivity index (χ1n) is 6.39. The second-order valence-corrected chi connectivity index (χ2v) is 5.43. The van der Waals surface area contributed by atoms with Crippen molar-refractivity contribution in [2.45, 2.75) is 6.61 Å². The third-order valence-electron chi connectivity index (χ3n) is 3.26. The fourth-order valence-corrected chi connectivity index (χ4v) is 2.59. The van der Waals surface area contributed by atoms with Crippen LogP contribution in [0.15, 0.2) is 65.1 Å². The number of nitrogen functional groups attached to an aromatic ring is 1. The lowest BCUT2D eigenvalue weighted by molar-refractivity contribution is 0.309. The van der Waals surface area contributed by atoms with E-state index in [0.717, 1.165) is 32.2 Å². The molecule has 100 valence electrons. The normalized spacial score (nSPS) is 10.7. The first-order valence-corrected chi connectivity index (χ1v) is 7.18. The van der Waals surface area contributed by atoms with Crippen LogP contribution < -0.4 is 10.5 Å². The zero-order chi connectivity index (χ0) is 13.9. The molecule has 0 radical (unpaired) electrons. The Hall–Kier alpha value is -2.00. The summed E-state index contributed by atoms with van der Waals surface area (Å²) >= 11 is 3.53. The highest BCUT2D eigenvalue weighted by molar-refractivity contribution is 9.10. The van der Waals surface area contributed by atoms with E-state index in [1.54, 1.807) is 0 Å². The highest BCUT2D eigenvalue weighted by Crippen LogP contribution is 2.30. The Morgan fingerprint density at radius 3 is 2.35 bits per heavy atom. The van der Waals surface area contributed by atoms with Crippen molar-refractivity contribution < 1.29 is 4.74 Å². The molecule has 3 heteroatoms. The highest BCUT2D eigenvalue weighted by Gasteiger charge is 2.06. The lowest BCUT2D eigenvalue weighted by atomic mass is 10.1. The molecule has 0 aliphatic heterocycles. The summed E-state index contributed by atoms with van der Waals surface area (Å²) in [6.07, 6.45) is 0. The largest absolute Gasteiger partial charge is 0.488 e. The van der Waals surface area contributed by atoms with Crippen LogP contribution in [0.25, 0.3) is 10.8 Å². The van der Waals surface area contributed by atoms with Gasteiger partial charge in [0.05, 0.1) is 0 Å². The van der Waals surface area contributed by atoms with E-state index in [9.17, 15) is 0 Å². The number of nitrogens with two attached hydrogens (primary N) is 1. The molecule has 2 N–H and O–H groups in total. The minimum Gasteiger partial charge on any atom is -0.488 e. The maximum absolute atomic E-state index is 5.99. The Balaban J connectivity index is 1.92. The van der Waals surface area contributed by atoms with E-state index in [2.05, 4.69) is 15.9 Å². The molecule has 0 bridgehead atoms. The van der Waals surface area contributed by atoms with Gasteiger partial charge in [0.25, 0.3) is 0 Å². The first kappa shape index (κ1) is 13.0. The van der Waals surface area contributed by atoms with Gasteiger partial charge in [-0.15, -0.1) is 0 Å². The summed E-state index contributed by atoms with van der Waals surface area (Å²) in [7, 11) is 0. The van der Waals surface area contributed by atoms with Gasteiger partial charge in [0, 0.05) is 26.5 Å². The number of rotatable bonds is 3. The van der Waals surface area contributed by atoms with E-state index >= 15 is 0 Å². The second-order valence-electron chi connectivity index (χ2n) is 4.58. The van der Waals surface area contributed by atoms with E-state index in [4.69, 9.17) is 10.5 Å². The van der Waals surface area contributed by atoms with Crippen LogP contribution in [-0.2, 0) is 6.61 Å². The topological polar surface area (TPSA) is 35.2 Å². The highest BCUT2D eigenvalue weighted by atomic mass is 79.9. The van der Waals surface area contributed by atoms with E-state index in [-0.39, 0.29) is 0 Å². The number of hydrogen-bond donors (Lipinski definition) is 1. The molecule has 0 aliphatic rings. The Labute approximate surface area is 126 Å². The molecular weight excluding hydrogens is 314 g/mol. The van der Waals surface area contributed by atoms with Gasteiger partial charge in [-0.25, -0.2) is 0 Å². The van der Waals surface area contributed by atoms with Gasteiger partial charge in [-0.05, 0) is 18.2 Å². The molecule has 0 atom stereocenters. The molecule has 0 aliphatic carbocycles. The molecule has 20 heavy (non-hydrogen) atoms. The number of halogens is 1. The van der Waals surface area contributed by atoms with Gasteiger partial charge in [-0.1, -0.05) is 58.4 Å². The lowest BCUT2D eigenvalue weighted by Gasteiger charge is -2.11. The molecule has 0 heterocycles. The molecule has 0 unspecified atom stereocenters. The average Bonchev–Trinajstić information content (AvgIpc) is 2.48. The Morgan fingerprint density at radius 2 is 1.55 bits per heavy atom. The van der Waals surface area contributed by atoms with Gasteiger partial charge in [-0.2, -0.15) is 0 Å². The van der Waals surface area contributed by atoms with Crippen molar-refractivity contribution in [3.8, 4) is 5.75 Å². The van der Waals surface area contributed by atoms with Crippen LogP contribution in [0.2, 0.25) is 0 Å². The van der Waals surface area contributed by atoms with Crippen molar-refractivity contribution in [1.82, 2.24) is 0 Å². The standard InChI is InChI=1S/C17H14BrNO/c18-15-8-4-1-5-12(15)11-20-17-10-9-16(19)13-6-2-3-7-14(13)17/h1-10H,11,19H2. The third-order valence-corrected chi connectivity index (χ3v) is 4.03. The van der Waals surface area contributed by atoms with Crippen LogP contribution in [-0.4, -0.2) is 0 Å². The van der Waals surface area contributed by atoms with Crippen molar-refractivity contribution in [1.29, 1.82) is 0 Å². The van der Waals surface area contributed by atoms with Crippen molar-refractivity contribution in [3.05, 3.63) is 70.7 Å². The van der Waals surface area contributed by atoms with Crippen molar-refractivity contribution in [3.63, 3.8) is 0 Å². The van der Waals surface area contributed by atoms with Crippen LogP contribution in [0.1, 0.15) is 5.56 Å². The van der Waals surface area contributed by atoms with Gasteiger partial charge in [0.1, 0.15) is 12.4 Å². The summed E-state index contributed by atoms with van der Waals surface area (Å²) in [5.74, 6) is 0.852. The maximum Gasteiger partial charge on any atom is 0.127 e. The smallest absolute Gasteiger partial charge is 0.127 e. The predicted octanol–water partition coefficient (Wildman–Crippen LogP) is 4.76. The summed E-state index contributed by atoms with van der Waals surface area (Å²) in [5.41, 5.74) is 7.88.